The Balaban J connectivity index is 1.48. The standard InChI is InChI=1S/C30H28N2O4/c1-30(2,3)27(33)26-25-24(23-13-10-19-16-21(36-4)12-14-22(19)32(23)26)28(34)31(29(25)35)20-11-9-17-7-5-6-8-18(17)15-20/h5-16,23-26H,1-4H3/t23-,24+,25-,26-/m1/s1. The van der Waals surface area contributed by atoms with Gasteiger partial charge in [-0.3, -0.25) is 14.4 Å². The van der Waals surface area contributed by atoms with Gasteiger partial charge in [-0.25, -0.2) is 4.90 Å². The topological polar surface area (TPSA) is 66.9 Å². The van der Waals surface area contributed by atoms with Gasteiger partial charge in [-0.1, -0.05) is 63.3 Å². The number of nitrogens with zero attached hydrogens (tertiary/aromatic N) is 2. The first-order chi connectivity index (χ1) is 17.2. The van der Waals surface area contributed by atoms with Crippen LogP contribution < -0.4 is 14.5 Å². The molecule has 2 amide bonds. The number of amides is 2. The fourth-order valence-electron chi connectivity index (χ4n) is 5.99. The van der Waals surface area contributed by atoms with Gasteiger partial charge in [0.05, 0.1) is 30.7 Å². The normalized spacial score (nSPS) is 24.7. The SMILES string of the molecule is COc1ccc2c(c1)C=C[C@@H]1[C@@H]3C(=O)N(c4ccc5ccccc5c4)C(=O)[C@H]3[C@H](C(=O)C(C)(C)C)N21. The molecule has 0 aliphatic carbocycles. The summed E-state index contributed by atoms with van der Waals surface area (Å²) >= 11 is 0. The minimum absolute atomic E-state index is 0.0430. The number of methoxy groups -OCH3 is 1. The Morgan fingerprint density at radius 3 is 2.33 bits per heavy atom. The number of anilines is 2. The Labute approximate surface area is 210 Å². The van der Waals surface area contributed by atoms with Crippen molar-refractivity contribution < 1.29 is 19.1 Å². The summed E-state index contributed by atoms with van der Waals surface area (Å²) in [6, 6.07) is 18.0. The molecule has 6 nitrogen and oxygen atoms in total. The highest BCUT2D eigenvalue weighted by atomic mass is 16.5. The third-order valence-corrected chi connectivity index (χ3v) is 7.71. The molecule has 36 heavy (non-hydrogen) atoms. The maximum atomic E-state index is 14.0. The first kappa shape index (κ1) is 22.5. The van der Waals surface area contributed by atoms with Crippen LogP contribution in [0.5, 0.6) is 5.75 Å². The van der Waals surface area contributed by atoms with E-state index in [0.29, 0.717) is 11.4 Å². The molecule has 0 unspecified atom stereocenters. The lowest BCUT2D eigenvalue weighted by atomic mass is 9.79. The number of hydrogen-bond donors (Lipinski definition) is 0. The molecular weight excluding hydrogens is 452 g/mol. The van der Waals surface area contributed by atoms with E-state index in [1.165, 1.54) is 4.90 Å². The maximum Gasteiger partial charge on any atom is 0.240 e. The second-order valence-electron chi connectivity index (χ2n) is 10.8. The third kappa shape index (κ3) is 3.13. The molecule has 3 aliphatic rings. The van der Waals surface area contributed by atoms with E-state index in [4.69, 9.17) is 4.74 Å². The van der Waals surface area contributed by atoms with E-state index >= 15 is 0 Å². The van der Waals surface area contributed by atoms with Gasteiger partial charge in [0, 0.05) is 16.7 Å². The lowest BCUT2D eigenvalue weighted by Gasteiger charge is -2.38. The molecule has 0 radical (unpaired) electrons. The number of ether oxygens (including phenoxy) is 1. The van der Waals surface area contributed by atoms with Crippen LogP contribution in [0.3, 0.4) is 0 Å². The minimum atomic E-state index is -0.751. The largest absolute Gasteiger partial charge is 0.497 e. The van der Waals surface area contributed by atoms with E-state index in [-0.39, 0.29) is 23.6 Å². The lowest BCUT2D eigenvalue weighted by molar-refractivity contribution is -0.132. The zero-order valence-electron chi connectivity index (χ0n) is 20.8. The first-order valence-corrected chi connectivity index (χ1v) is 12.3. The quantitative estimate of drug-likeness (QED) is 0.501. The van der Waals surface area contributed by atoms with Crippen LogP contribution in [0.25, 0.3) is 16.8 Å². The van der Waals surface area contributed by atoms with E-state index < -0.39 is 23.3 Å². The second-order valence-corrected chi connectivity index (χ2v) is 10.8. The Morgan fingerprint density at radius 1 is 0.889 bits per heavy atom. The summed E-state index contributed by atoms with van der Waals surface area (Å²) in [6.07, 6.45) is 3.93. The summed E-state index contributed by atoms with van der Waals surface area (Å²) < 4.78 is 5.39. The molecule has 2 saturated heterocycles. The number of benzene rings is 3. The molecule has 0 N–H and O–H groups in total. The molecular formula is C30H28N2O4. The van der Waals surface area contributed by atoms with Crippen LogP contribution in [0.15, 0.2) is 66.7 Å². The number of ketones is 1. The maximum absolute atomic E-state index is 14.0. The van der Waals surface area contributed by atoms with Crippen molar-refractivity contribution in [3.05, 3.63) is 72.3 Å². The van der Waals surface area contributed by atoms with Crippen molar-refractivity contribution in [1.29, 1.82) is 0 Å². The molecule has 4 atom stereocenters. The van der Waals surface area contributed by atoms with Gasteiger partial charge < -0.3 is 9.64 Å². The number of carbonyl (C=O) groups excluding carboxylic acids is 3. The average molecular weight is 481 g/mol. The molecule has 3 heterocycles. The number of rotatable bonds is 3. The highest BCUT2D eigenvalue weighted by Gasteiger charge is 2.65. The summed E-state index contributed by atoms with van der Waals surface area (Å²) in [7, 11) is 1.61. The van der Waals surface area contributed by atoms with Crippen molar-refractivity contribution in [2.24, 2.45) is 17.3 Å². The number of imide groups is 1. The van der Waals surface area contributed by atoms with Crippen molar-refractivity contribution in [2.45, 2.75) is 32.9 Å². The van der Waals surface area contributed by atoms with Gasteiger partial charge in [-0.2, -0.15) is 0 Å². The molecule has 3 aromatic rings. The molecule has 3 aliphatic heterocycles. The van der Waals surface area contributed by atoms with Crippen molar-refractivity contribution in [2.75, 3.05) is 16.9 Å². The van der Waals surface area contributed by atoms with E-state index in [1.54, 1.807) is 7.11 Å². The van der Waals surface area contributed by atoms with E-state index in [2.05, 4.69) is 0 Å². The van der Waals surface area contributed by atoms with Crippen molar-refractivity contribution >= 4 is 45.8 Å². The smallest absolute Gasteiger partial charge is 0.240 e. The lowest BCUT2D eigenvalue weighted by Crippen LogP contribution is -2.51. The van der Waals surface area contributed by atoms with Gasteiger partial charge in [0.2, 0.25) is 11.8 Å². The Morgan fingerprint density at radius 2 is 1.61 bits per heavy atom. The molecule has 182 valence electrons. The van der Waals surface area contributed by atoms with E-state index in [0.717, 1.165) is 22.0 Å². The Hall–Kier alpha value is -3.93. The van der Waals surface area contributed by atoms with Gasteiger partial charge in [-0.15, -0.1) is 0 Å². The van der Waals surface area contributed by atoms with E-state index in [9.17, 15) is 14.4 Å². The van der Waals surface area contributed by atoms with Crippen LogP contribution in [-0.4, -0.2) is 36.8 Å². The van der Waals surface area contributed by atoms with Crippen LogP contribution in [-0.2, 0) is 14.4 Å². The first-order valence-electron chi connectivity index (χ1n) is 12.3. The summed E-state index contributed by atoms with van der Waals surface area (Å²) in [6.45, 7) is 5.61. The van der Waals surface area contributed by atoms with Crippen LogP contribution in [0.2, 0.25) is 0 Å². The molecule has 6 heteroatoms. The van der Waals surface area contributed by atoms with Gasteiger partial charge in [0.25, 0.3) is 0 Å². The molecule has 2 fully saturated rings. The highest BCUT2D eigenvalue weighted by Crippen LogP contribution is 2.51. The minimum Gasteiger partial charge on any atom is -0.497 e. The van der Waals surface area contributed by atoms with Crippen molar-refractivity contribution in [1.82, 2.24) is 0 Å². The predicted molar refractivity (Wildman–Crippen MR) is 140 cm³/mol. The van der Waals surface area contributed by atoms with E-state index in [1.807, 2.05) is 98.5 Å². The zero-order valence-corrected chi connectivity index (χ0v) is 20.8. The molecule has 0 saturated carbocycles. The van der Waals surface area contributed by atoms with Gasteiger partial charge in [-0.05, 0) is 41.1 Å². The Bertz CT molecular complexity index is 1470. The Kier molecular flexibility index (Phi) is 4.87. The summed E-state index contributed by atoms with van der Waals surface area (Å²) in [4.78, 5) is 45.2. The number of fused-ring (bicyclic) bond motifs is 6. The average Bonchev–Trinajstić information content (AvgIpc) is 3.34. The van der Waals surface area contributed by atoms with Crippen LogP contribution in [0.4, 0.5) is 11.4 Å². The molecule has 3 aromatic carbocycles. The van der Waals surface area contributed by atoms with Crippen LogP contribution >= 0.6 is 0 Å². The number of carbonyl (C=O) groups is 3. The van der Waals surface area contributed by atoms with Crippen molar-refractivity contribution in [3.63, 3.8) is 0 Å². The summed E-state index contributed by atoms with van der Waals surface area (Å²) in [5.41, 5.74) is 1.62. The predicted octanol–water partition coefficient (Wildman–Crippen LogP) is 4.85. The van der Waals surface area contributed by atoms with Gasteiger partial charge >= 0.3 is 0 Å². The molecule has 0 aromatic heterocycles. The van der Waals surface area contributed by atoms with Gasteiger partial charge in [0.15, 0.2) is 5.78 Å². The summed E-state index contributed by atoms with van der Waals surface area (Å²) in [5, 5.41) is 1.99. The molecule has 6 rings (SSSR count). The number of Topliss-reactive ketones (excluding diaryl/α,β-unsaturated/α-hetero) is 1. The zero-order chi connectivity index (χ0) is 25.4. The molecule has 0 spiro atoms. The van der Waals surface area contributed by atoms with Crippen LogP contribution in [0.1, 0.15) is 26.3 Å². The van der Waals surface area contributed by atoms with Crippen molar-refractivity contribution in [3.8, 4) is 5.75 Å². The monoisotopic (exact) mass is 480 g/mol. The fraction of sp³-hybridized carbons (Fsp3) is 0.300. The van der Waals surface area contributed by atoms with Gasteiger partial charge in [0.1, 0.15) is 11.8 Å². The number of hydrogen-bond acceptors (Lipinski definition) is 5. The highest BCUT2D eigenvalue weighted by molar-refractivity contribution is 6.25. The summed E-state index contributed by atoms with van der Waals surface area (Å²) in [5.74, 6) is -1.27. The molecule has 0 bridgehead atoms. The fourth-order valence-corrected chi connectivity index (χ4v) is 5.99. The second kappa shape index (κ2) is 7.79. The van der Waals surface area contributed by atoms with Crippen LogP contribution in [0, 0.1) is 17.3 Å². The third-order valence-electron chi connectivity index (χ3n) is 7.71.